The Balaban J connectivity index is 1.49. The van der Waals surface area contributed by atoms with Gasteiger partial charge in [0.15, 0.2) is 5.82 Å². The Kier molecular flexibility index (Phi) is 4.10. The number of H-pyrrole nitrogens is 1. The lowest BCUT2D eigenvalue weighted by Crippen LogP contribution is -2.00. The second kappa shape index (κ2) is 6.72. The van der Waals surface area contributed by atoms with Crippen molar-refractivity contribution in [3.63, 3.8) is 0 Å². The molecule has 0 atom stereocenters. The van der Waals surface area contributed by atoms with Crippen LogP contribution in [0.2, 0.25) is 0 Å². The number of aromatic amines is 1. The molecule has 7 nitrogen and oxygen atoms in total. The van der Waals surface area contributed by atoms with Crippen molar-refractivity contribution in [1.82, 2.24) is 15.0 Å². The number of hydrogen-bond acceptors (Lipinski definition) is 6. The smallest absolute Gasteiger partial charge is 0.238 e. The van der Waals surface area contributed by atoms with E-state index >= 15 is 0 Å². The number of aromatic nitrogens is 3. The summed E-state index contributed by atoms with van der Waals surface area (Å²) in [5.74, 6) is 1.91. The van der Waals surface area contributed by atoms with Crippen molar-refractivity contribution < 1.29 is 9.84 Å². The molecule has 0 fully saturated rings. The number of nitrogens with zero attached hydrogens (tertiary/aromatic N) is 3. The first kappa shape index (κ1) is 15.9. The second-order valence-corrected chi connectivity index (χ2v) is 5.76. The van der Waals surface area contributed by atoms with Crippen molar-refractivity contribution >= 4 is 29.6 Å². The van der Waals surface area contributed by atoms with Crippen LogP contribution in [0.25, 0.3) is 11.6 Å². The summed E-state index contributed by atoms with van der Waals surface area (Å²) in [6.45, 7) is 0.571. The molecule has 0 amide bonds. The highest BCUT2D eigenvalue weighted by Crippen LogP contribution is 2.31. The number of pyridine rings is 1. The van der Waals surface area contributed by atoms with Gasteiger partial charge >= 0.3 is 0 Å². The minimum Gasteiger partial charge on any atom is -0.497 e. The largest absolute Gasteiger partial charge is 0.497 e. The van der Waals surface area contributed by atoms with Crippen molar-refractivity contribution in [2.45, 2.75) is 6.54 Å². The van der Waals surface area contributed by atoms with Gasteiger partial charge in [-0.1, -0.05) is 12.1 Å². The molecule has 0 radical (unpaired) electrons. The first-order chi connectivity index (χ1) is 12.7. The molecular formula is C19H17N5O2. The Labute approximate surface area is 150 Å². The van der Waals surface area contributed by atoms with Gasteiger partial charge in [-0.15, -0.1) is 0 Å². The Hall–Kier alpha value is -3.61. The van der Waals surface area contributed by atoms with E-state index in [1.54, 1.807) is 25.6 Å². The molecule has 1 aromatic carbocycles. The molecule has 26 heavy (non-hydrogen) atoms. The number of rotatable bonds is 5. The lowest BCUT2D eigenvalue weighted by atomic mass is 10.1. The van der Waals surface area contributed by atoms with E-state index in [1.165, 1.54) is 0 Å². The number of imidazole rings is 1. The van der Waals surface area contributed by atoms with Gasteiger partial charge in [-0.3, -0.25) is 0 Å². The maximum absolute atomic E-state index is 10.1. The predicted octanol–water partition coefficient (Wildman–Crippen LogP) is 3.39. The average molecular weight is 347 g/mol. The molecule has 2 aromatic heterocycles. The fourth-order valence-corrected chi connectivity index (χ4v) is 2.69. The number of hydrogen-bond donors (Lipinski definition) is 3. The number of fused-ring (bicyclic) bond motifs is 1. The number of methoxy groups -OCH3 is 1. The summed E-state index contributed by atoms with van der Waals surface area (Å²) < 4.78 is 5.15. The number of aromatic hydroxyl groups is 1. The van der Waals surface area contributed by atoms with E-state index in [0.29, 0.717) is 24.0 Å². The molecule has 0 saturated carbocycles. The predicted molar refractivity (Wildman–Crippen MR) is 101 cm³/mol. The molecule has 1 aliphatic rings. The lowest BCUT2D eigenvalue weighted by molar-refractivity contribution is 0.414. The van der Waals surface area contributed by atoms with Crippen molar-refractivity contribution in [2.75, 3.05) is 12.4 Å². The van der Waals surface area contributed by atoms with Gasteiger partial charge in [0.1, 0.15) is 11.4 Å². The molecule has 0 unspecified atom stereocenters. The van der Waals surface area contributed by atoms with E-state index in [4.69, 9.17) is 4.74 Å². The molecule has 7 heteroatoms. The number of anilines is 1. The first-order valence-corrected chi connectivity index (χ1v) is 8.10. The highest BCUT2D eigenvalue weighted by atomic mass is 16.5. The summed E-state index contributed by atoms with van der Waals surface area (Å²) in [5, 5.41) is 13.3. The van der Waals surface area contributed by atoms with Crippen LogP contribution in [-0.2, 0) is 6.54 Å². The summed E-state index contributed by atoms with van der Waals surface area (Å²) in [6.07, 6.45) is 5.23. The monoisotopic (exact) mass is 347 g/mol. The molecule has 3 heterocycles. The molecule has 130 valence electrons. The summed E-state index contributed by atoms with van der Waals surface area (Å²) >= 11 is 0. The second-order valence-electron chi connectivity index (χ2n) is 5.76. The highest BCUT2D eigenvalue weighted by Gasteiger charge is 2.14. The van der Waals surface area contributed by atoms with Gasteiger partial charge in [0, 0.05) is 30.1 Å². The van der Waals surface area contributed by atoms with Crippen LogP contribution in [0.1, 0.15) is 16.8 Å². The normalized spacial score (nSPS) is 13.8. The van der Waals surface area contributed by atoms with Crippen molar-refractivity contribution in [1.29, 1.82) is 0 Å². The third-order valence-corrected chi connectivity index (χ3v) is 4.05. The average Bonchev–Trinajstić information content (AvgIpc) is 3.24. The summed E-state index contributed by atoms with van der Waals surface area (Å²) in [4.78, 5) is 15.7. The first-order valence-electron chi connectivity index (χ1n) is 8.10. The number of ether oxygens (including phenoxy) is 1. The zero-order valence-corrected chi connectivity index (χ0v) is 14.1. The zero-order chi connectivity index (χ0) is 17.9. The Morgan fingerprint density at radius 2 is 2.08 bits per heavy atom. The fourth-order valence-electron chi connectivity index (χ4n) is 2.69. The van der Waals surface area contributed by atoms with Crippen LogP contribution in [-0.4, -0.2) is 33.4 Å². The van der Waals surface area contributed by atoms with Gasteiger partial charge in [-0.05, 0) is 35.9 Å². The molecule has 3 N–H and O–H groups in total. The van der Waals surface area contributed by atoms with Crippen LogP contribution in [0.4, 0.5) is 11.8 Å². The van der Waals surface area contributed by atoms with Crippen molar-refractivity contribution in [3.05, 3.63) is 59.4 Å². The SMILES string of the molecule is COc1ccc(CNc2nc(O)c(/C=C3\C=Nc4ncccc43)[nH]2)cc1. The zero-order valence-electron chi connectivity index (χ0n) is 14.1. The topological polar surface area (TPSA) is 95.4 Å². The minimum absolute atomic E-state index is 0.0690. The standard InChI is InChI=1S/C19H17N5O2/c1-26-14-6-4-12(5-7-14)10-22-19-23-16(18(25)24-19)9-13-11-21-17-15(13)3-2-8-20-17/h2-9,11,25H,10H2,1H3,(H2,22,23,24)/b13-9+. The maximum Gasteiger partial charge on any atom is 0.238 e. The van der Waals surface area contributed by atoms with Crippen LogP contribution in [0.3, 0.4) is 0 Å². The molecule has 0 saturated heterocycles. The number of nitrogens with one attached hydrogen (secondary N) is 2. The van der Waals surface area contributed by atoms with Gasteiger partial charge in [0.05, 0.1) is 7.11 Å². The van der Waals surface area contributed by atoms with Gasteiger partial charge in [-0.2, -0.15) is 4.98 Å². The highest BCUT2D eigenvalue weighted by molar-refractivity contribution is 6.20. The van der Waals surface area contributed by atoms with Crippen LogP contribution < -0.4 is 10.1 Å². The van der Waals surface area contributed by atoms with Gasteiger partial charge in [0.25, 0.3) is 0 Å². The molecule has 0 bridgehead atoms. The van der Waals surface area contributed by atoms with Gasteiger partial charge < -0.3 is 20.1 Å². The van der Waals surface area contributed by atoms with E-state index in [0.717, 1.165) is 22.4 Å². The van der Waals surface area contributed by atoms with Crippen LogP contribution in [0.5, 0.6) is 11.6 Å². The summed E-state index contributed by atoms with van der Waals surface area (Å²) in [6, 6.07) is 11.5. The molecule has 0 spiro atoms. The van der Waals surface area contributed by atoms with Crippen LogP contribution in [0.15, 0.2) is 47.6 Å². The number of benzene rings is 1. The van der Waals surface area contributed by atoms with E-state index in [2.05, 4.69) is 25.3 Å². The van der Waals surface area contributed by atoms with E-state index in [-0.39, 0.29) is 5.88 Å². The van der Waals surface area contributed by atoms with Crippen LogP contribution in [0, 0.1) is 0 Å². The molecular weight excluding hydrogens is 330 g/mol. The third kappa shape index (κ3) is 3.14. The Morgan fingerprint density at radius 1 is 1.23 bits per heavy atom. The van der Waals surface area contributed by atoms with Crippen molar-refractivity contribution in [2.24, 2.45) is 4.99 Å². The molecule has 0 aliphatic carbocycles. The van der Waals surface area contributed by atoms with Crippen LogP contribution >= 0.6 is 0 Å². The fraction of sp³-hybridized carbons (Fsp3) is 0.105. The molecule has 4 rings (SSSR count). The molecule has 3 aromatic rings. The molecule has 1 aliphatic heterocycles. The minimum atomic E-state index is -0.0690. The maximum atomic E-state index is 10.1. The van der Waals surface area contributed by atoms with E-state index in [9.17, 15) is 5.11 Å². The number of aliphatic imine (C=N–C) groups is 1. The van der Waals surface area contributed by atoms with E-state index in [1.807, 2.05) is 36.4 Å². The lowest BCUT2D eigenvalue weighted by Gasteiger charge is -2.04. The third-order valence-electron chi connectivity index (χ3n) is 4.05. The van der Waals surface area contributed by atoms with Gasteiger partial charge in [-0.25, -0.2) is 9.98 Å². The van der Waals surface area contributed by atoms with E-state index < -0.39 is 0 Å². The van der Waals surface area contributed by atoms with Gasteiger partial charge in [0.2, 0.25) is 11.8 Å². The Morgan fingerprint density at radius 3 is 2.88 bits per heavy atom. The van der Waals surface area contributed by atoms with Crippen molar-refractivity contribution in [3.8, 4) is 11.6 Å². The summed E-state index contributed by atoms with van der Waals surface area (Å²) in [5.41, 5.74) is 3.38. The Bertz CT molecular complexity index is 989. The number of allylic oxidation sites excluding steroid dienone is 1. The summed E-state index contributed by atoms with van der Waals surface area (Å²) in [7, 11) is 1.64. The quantitative estimate of drug-likeness (QED) is 0.657.